The molecule has 0 aliphatic heterocycles. The Morgan fingerprint density at radius 1 is 1.06 bits per heavy atom. The average Bonchev–Trinajstić information content (AvgIpc) is 2.82. The number of anilines is 2. The maximum absolute atomic E-state index is 13.5. The second-order valence-electron chi connectivity index (χ2n) is 8.43. The lowest BCUT2D eigenvalue weighted by Gasteiger charge is -2.30. The summed E-state index contributed by atoms with van der Waals surface area (Å²) in [7, 11) is -0.183. The molecule has 3 aromatic rings. The fourth-order valence-electron chi connectivity index (χ4n) is 3.66. The molecule has 0 saturated carbocycles. The lowest BCUT2D eigenvalue weighted by molar-refractivity contribution is 0.102. The van der Waals surface area contributed by atoms with E-state index in [0.29, 0.717) is 28.3 Å². The number of hydrogen-bond acceptors (Lipinski definition) is 4. The van der Waals surface area contributed by atoms with Crippen LogP contribution < -0.4 is 10.2 Å². The summed E-state index contributed by atoms with van der Waals surface area (Å²) >= 11 is 6.16. The molecule has 0 fully saturated rings. The number of benzene rings is 3. The van der Waals surface area contributed by atoms with Gasteiger partial charge in [0.25, 0.3) is 5.91 Å². The molecular formula is C26H29ClFN3O3S. The standard InChI is InChI=1S/C26H29ClFN3O3S/c1-5-18(2)31(35(33,34)22-13-10-20(28)11-14-22)17-19-16-21(12-15-25(19)30(3)4)29-26(32)23-8-6-7-9-24(23)27/h6-16,18H,5,17H2,1-4H3,(H,29,32)/t18-/m0/s1. The summed E-state index contributed by atoms with van der Waals surface area (Å²) in [4.78, 5) is 14.7. The molecule has 0 aliphatic carbocycles. The summed E-state index contributed by atoms with van der Waals surface area (Å²) < 4.78 is 41.9. The van der Waals surface area contributed by atoms with E-state index in [-0.39, 0.29) is 23.4 Å². The van der Waals surface area contributed by atoms with Crippen LogP contribution in [0.15, 0.2) is 71.6 Å². The molecule has 6 nitrogen and oxygen atoms in total. The Kier molecular flexibility index (Phi) is 8.53. The van der Waals surface area contributed by atoms with Crippen LogP contribution in [-0.2, 0) is 16.6 Å². The number of halogens is 2. The molecule has 0 unspecified atom stereocenters. The minimum absolute atomic E-state index is 0.0220. The van der Waals surface area contributed by atoms with Crippen LogP contribution in [0.25, 0.3) is 0 Å². The molecule has 1 atom stereocenters. The van der Waals surface area contributed by atoms with Crippen molar-refractivity contribution >= 4 is 38.9 Å². The first-order valence-corrected chi connectivity index (χ1v) is 13.0. The molecule has 1 N–H and O–H groups in total. The number of hydrogen-bond donors (Lipinski definition) is 1. The van der Waals surface area contributed by atoms with Crippen LogP contribution in [0.4, 0.5) is 15.8 Å². The third-order valence-electron chi connectivity index (χ3n) is 5.77. The van der Waals surface area contributed by atoms with Gasteiger partial charge in [-0.1, -0.05) is 30.7 Å². The first-order chi connectivity index (χ1) is 16.5. The summed E-state index contributed by atoms with van der Waals surface area (Å²) in [6, 6.07) is 16.6. The molecule has 3 rings (SSSR count). The van der Waals surface area contributed by atoms with Crippen molar-refractivity contribution in [3.63, 3.8) is 0 Å². The van der Waals surface area contributed by atoms with Crippen LogP contribution in [0.3, 0.4) is 0 Å². The predicted octanol–water partition coefficient (Wildman–Crippen LogP) is 5.79. The molecule has 0 spiro atoms. The molecule has 0 aliphatic rings. The van der Waals surface area contributed by atoms with Crippen molar-refractivity contribution in [3.8, 4) is 0 Å². The first kappa shape index (κ1) is 26.7. The molecule has 3 aromatic carbocycles. The highest BCUT2D eigenvalue weighted by molar-refractivity contribution is 7.89. The molecule has 0 heterocycles. The summed E-state index contributed by atoms with van der Waals surface area (Å²) in [5.41, 5.74) is 2.37. The van der Waals surface area contributed by atoms with Crippen LogP contribution in [0.5, 0.6) is 0 Å². The zero-order chi connectivity index (χ0) is 25.8. The van der Waals surface area contributed by atoms with E-state index >= 15 is 0 Å². The summed E-state index contributed by atoms with van der Waals surface area (Å²) in [5.74, 6) is -0.868. The predicted molar refractivity (Wildman–Crippen MR) is 139 cm³/mol. The highest BCUT2D eigenvalue weighted by Gasteiger charge is 2.29. The topological polar surface area (TPSA) is 69.7 Å². The maximum Gasteiger partial charge on any atom is 0.257 e. The zero-order valence-corrected chi connectivity index (χ0v) is 21.7. The van der Waals surface area contributed by atoms with Gasteiger partial charge in [-0.25, -0.2) is 12.8 Å². The van der Waals surface area contributed by atoms with Crippen LogP contribution >= 0.6 is 11.6 Å². The molecule has 35 heavy (non-hydrogen) atoms. The van der Waals surface area contributed by atoms with E-state index in [1.54, 1.807) is 36.4 Å². The quantitative estimate of drug-likeness (QED) is 0.390. The number of sulfonamides is 1. The molecule has 0 bridgehead atoms. The molecule has 186 valence electrons. The highest BCUT2D eigenvalue weighted by Crippen LogP contribution is 2.29. The number of carbonyl (C=O) groups is 1. The van der Waals surface area contributed by atoms with Gasteiger partial charge in [0.2, 0.25) is 10.0 Å². The Bertz CT molecular complexity index is 1300. The van der Waals surface area contributed by atoms with Crippen LogP contribution in [0, 0.1) is 5.82 Å². The normalized spacial score (nSPS) is 12.4. The number of nitrogens with one attached hydrogen (secondary N) is 1. The Morgan fingerprint density at radius 2 is 1.71 bits per heavy atom. The van der Waals surface area contributed by atoms with Crippen molar-refractivity contribution in [2.45, 2.75) is 37.8 Å². The van der Waals surface area contributed by atoms with Gasteiger partial charge >= 0.3 is 0 Å². The van der Waals surface area contributed by atoms with E-state index in [9.17, 15) is 17.6 Å². The van der Waals surface area contributed by atoms with Crippen molar-refractivity contribution in [2.75, 3.05) is 24.3 Å². The Hall–Kier alpha value is -2.94. The minimum atomic E-state index is -3.91. The monoisotopic (exact) mass is 517 g/mol. The summed E-state index contributed by atoms with van der Waals surface area (Å²) in [6.07, 6.45) is 0.584. The second kappa shape index (κ2) is 11.2. The number of nitrogens with zero attached hydrogens (tertiary/aromatic N) is 2. The average molecular weight is 518 g/mol. The van der Waals surface area contributed by atoms with E-state index in [4.69, 9.17) is 11.6 Å². The third kappa shape index (κ3) is 6.20. The van der Waals surface area contributed by atoms with Gasteiger partial charge in [0, 0.05) is 38.1 Å². The molecule has 1 amide bonds. The van der Waals surface area contributed by atoms with E-state index in [1.165, 1.54) is 16.4 Å². The van der Waals surface area contributed by atoms with E-state index < -0.39 is 15.8 Å². The molecule has 0 radical (unpaired) electrons. The molecule has 0 aromatic heterocycles. The van der Waals surface area contributed by atoms with Crippen molar-refractivity contribution in [3.05, 3.63) is 88.7 Å². The number of carbonyl (C=O) groups excluding carboxylic acids is 1. The third-order valence-corrected chi connectivity index (χ3v) is 8.07. The first-order valence-electron chi connectivity index (χ1n) is 11.2. The van der Waals surface area contributed by atoms with Gasteiger partial charge in [-0.15, -0.1) is 0 Å². The lowest BCUT2D eigenvalue weighted by atomic mass is 10.1. The zero-order valence-electron chi connectivity index (χ0n) is 20.1. The summed E-state index contributed by atoms with van der Waals surface area (Å²) in [6.45, 7) is 3.81. The second-order valence-corrected chi connectivity index (χ2v) is 10.7. The van der Waals surface area contributed by atoms with Crippen molar-refractivity contribution in [1.82, 2.24) is 4.31 Å². The Morgan fingerprint density at radius 3 is 2.31 bits per heavy atom. The Labute approximate surface area is 211 Å². The van der Waals surface area contributed by atoms with Gasteiger partial charge in [-0.2, -0.15) is 4.31 Å². The van der Waals surface area contributed by atoms with Crippen molar-refractivity contribution in [1.29, 1.82) is 0 Å². The van der Waals surface area contributed by atoms with Gasteiger partial charge < -0.3 is 10.2 Å². The fraction of sp³-hybridized carbons (Fsp3) is 0.269. The minimum Gasteiger partial charge on any atom is -0.377 e. The Balaban J connectivity index is 1.99. The van der Waals surface area contributed by atoms with E-state index in [0.717, 1.165) is 17.8 Å². The SMILES string of the molecule is CC[C@H](C)N(Cc1cc(NC(=O)c2ccccc2Cl)ccc1N(C)C)S(=O)(=O)c1ccc(F)cc1. The van der Waals surface area contributed by atoms with Gasteiger partial charge in [-0.3, -0.25) is 4.79 Å². The van der Waals surface area contributed by atoms with E-state index in [2.05, 4.69) is 5.32 Å². The molecule has 9 heteroatoms. The van der Waals surface area contributed by atoms with Crippen LogP contribution in [0.2, 0.25) is 5.02 Å². The smallest absolute Gasteiger partial charge is 0.257 e. The maximum atomic E-state index is 13.5. The van der Waals surface area contributed by atoms with Crippen LogP contribution in [0.1, 0.15) is 36.2 Å². The van der Waals surface area contributed by atoms with Crippen molar-refractivity contribution in [2.24, 2.45) is 0 Å². The number of rotatable bonds is 9. The van der Waals surface area contributed by atoms with Crippen LogP contribution in [-0.4, -0.2) is 38.8 Å². The van der Waals surface area contributed by atoms with Gasteiger partial charge in [0.15, 0.2) is 0 Å². The van der Waals surface area contributed by atoms with Gasteiger partial charge in [-0.05, 0) is 73.5 Å². The van der Waals surface area contributed by atoms with Gasteiger partial charge in [0.05, 0.1) is 15.5 Å². The fourth-order valence-corrected chi connectivity index (χ4v) is 5.57. The molecule has 0 saturated heterocycles. The number of amides is 1. The van der Waals surface area contributed by atoms with Crippen molar-refractivity contribution < 1.29 is 17.6 Å². The summed E-state index contributed by atoms with van der Waals surface area (Å²) in [5, 5.41) is 3.18. The molecular weight excluding hydrogens is 489 g/mol. The van der Waals surface area contributed by atoms with E-state index in [1.807, 2.05) is 38.9 Å². The largest absolute Gasteiger partial charge is 0.377 e. The van der Waals surface area contributed by atoms with Gasteiger partial charge in [0.1, 0.15) is 5.82 Å². The highest BCUT2D eigenvalue weighted by atomic mass is 35.5. The lowest BCUT2D eigenvalue weighted by Crippen LogP contribution is -2.38.